The molecule has 176 valence electrons. The fraction of sp³-hybridized carbons (Fsp3) is 0.500. The van der Waals surface area contributed by atoms with Crippen molar-refractivity contribution in [1.29, 1.82) is 0 Å². The van der Waals surface area contributed by atoms with Crippen LogP contribution < -0.4 is 10.6 Å². The summed E-state index contributed by atoms with van der Waals surface area (Å²) in [7, 11) is -3.16. The minimum atomic E-state index is -3.16. The smallest absolute Gasteiger partial charge is 0.157 e. The van der Waals surface area contributed by atoms with E-state index < -0.39 is 9.84 Å². The molecule has 1 aliphatic heterocycles. The third kappa shape index (κ3) is 4.62. The summed E-state index contributed by atoms with van der Waals surface area (Å²) >= 11 is 0. The first-order valence-corrected chi connectivity index (χ1v) is 13.4. The highest BCUT2D eigenvalue weighted by Gasteiger charge is 2.36. The maximum absolute atomic E-state index is 12.8. The Labute approximate surface area is 194 Å². The van der Waals surface area contributed by atoms with E-state index in [9.17, 15) is 8.42 Å². The molecule has 8 nitrogen and oxygen atoms in total. The van der Waals surface area contributed by atoms with Crippen molar-refractivity contribution < 1.29 is 13.2 Å². The number of rotatable bonds is 7. The highest BCUT2D eigenvalue weighted by Crippen LogP contribution is 2.33. The number of nitrogens with zero attached hydrogens (tertiary/aromatic N) is 3. The number of sulfone groups is 1. The molecule has 0 bridgehead atoms. The van der Waals surface area contributed by atoms with Crippen molar-refractivity contribution in [3.05, 3.63) is 41.6 Å². The molecule has 1 aliphatic carbocycles. The molecule has 0 spiro atoms. The van der Waals surface area contributed by atoms with Crippen molar-refractivity contribution in [3.63, 3.8) is 0 Å². The van der Waals surface area contributed by atoms with Crippen molar-refractivity contribution >= 4 is 26.7 Å². The van der Waals surface area contributed by atoms with E-state index in [4.69, 9.17) is 20.4 Å². The number of aromatic amines is 1. The van der Waals surface area contributed by atoms with Gasteiger partial charge in [-0.05, 0) is 62.1 Å². The van der Waals surface area contributed by atoms with Crippen molar-refractivity contribution in [2.24, 2.45) is 5.73 Å². The number of morpholine rings is 1. The van der Waals surface area contributed by atoms with Crippen molar-refractivity contribution in [1.82, 2.24) is 15.0 Å². The van der Waals surface area contributed by atoms with Gasteiger partial charge in [0.25, 0.3) is 0 Å². The van der Waals surface area contributed by atoms with Crippen LogP contribution in [0, 0.1) is 0 Å². The molecule has 2 fully saturated rings. The lowest BCUT2D eigenvalue weighted by Gasteiger charge is -2.36. The lowest BCUT2D eigenvalue weighted by molar-refractivity contribution is 0.0926. The molecule has 2 atom stereocenters. The molecule has 4 heterocycles. The second-order valence-electron chi connectivity index (χ2n) is 9.20. The van der Waals surface area contributed by atoms with Crippen LogP contribution in [-0.4, -0.2) is 54.4 Å². The van der Waals surface area contributed by atoms with E-state index in [-0.39, 0.29) is 23.1 Å². The molecule has 1 saturated carbocycles. The molecule has 1 unspecified atom stereocenters. The van der Waals surface area contributed by atoms with Crippen LogP contribution in [0.4, 0.5) is 5.82 Å². The van der Waals surface area contributed by atoms with Crippen LogP contribution in [0.1, 0.15) is 50.4 Å². The van der Waals surface area contributed by atoms with Crippen molar-refractivity contribution in [3.8, 4) is 11.4 Å². The van der Waals surface area contributed by atoms with Gasteiger partial charge in [-0.25, -0.2) is 18.4 Å². The first-order chi connectivity index (χ1) is 15.8. The largest absolute Gasteiger partial charge is 0.377 e. The normalized spacial score (nSPS) is 20.3. The fourth-order valence-corrected chi connectivity index (χ4v) is 6.14. The molecule has 5 rings (SSSR count). The standard InChI is InChI=1S/C24H31N5O3S/c1-3-17-13-32-9-8-29(17)24-11-16(14-33(30,31)18-4-5-18)10-22(28-24)19-6-7-20-23(27-19)12-21(26-20)15(2)25/h6-7,10-12,15,17-18,26H,3-5,8-9,13-14,25H2,1-2H3/t15-,17?/m0/s1. The van der Waals surface area contributed by atoms with Gasteiger partial charge in [-0.2, -0.15) is 0 Å². The number of pyridine rings is 2. The molecule has 3 N–H and O–H groups in total. The minimum absolute atomic E-state index is 0.0303. The van der Waals surface area contributed by atoms with Crippen LogP contribution in [0.25, 0.3) is 22.4 Å². The van der Waals surface area contributed by atoms with Crippen molar-refractivity contribution in [2.75, 3.05) is 24.7 Å². The Hall–Kier alpha value is -2.49. The lowest BCUT2D eigenvalue weighted by atomic mass is 10.1. The molecule has 3 aromatic heterocycles. The zero-order chi connectivity index (χ0) is 23.2. The third-order valence-electron chi connectivity index (χ3n) is 6.51. The van der Waals surface area contributed by atoms with Crippen LogP contribution in [0.2, 0.25) is 0 Å². The maximum Gasteiger partial charge on any atom is 0.157 e. The lowest BCUT2D eigenvalue weighted by Crippen LogP contribution is -2.45. The Morgan fingerprint density at radius 1 is 1.21 bits per heavy atom. The summed E-state index contributed by atoms with van der Waals surface area (Å²) in [6.07, 6.45) is 2.46. The maximum atomic E-state index is 12.8. The van der Waals surface area contributed by atoms with E-state index in [1.165, 1.54) is 0 Å². The van der Waals surface area contributed by atoms with E-state index in [0.29, 0.717) is 24.6 Å². The molecule has 0 amide bonds. The van der Waals surface area contributed by atoms with Crippen LogP contribution in [0.15, 0.2) is 30.3 Å². The predicted molar refractivity (Wildman–Crippen MR) is 130 cm³/mol. The number of hydrogen-bond donors (Lipinski definition) is 2. The summed E-state index contributed by atoms with van der Waals surface area (Å²) in [5.74, 6) is 0.818. The molecule has 2 aliphatic rings. The van der Waals surface area contributed by atoms with E-state index in [0.717, 1.165) is 53.9 Å². The number of H-pyrrole nitrogens is 1. The SMILES string of the molecule is CCC1COCCN1c1cc(CS(=O)(=O)C2CC2)cc(-c2ccc3[nH]c([C@H](C)N)cc3n2)n1. The van der Waals surface area contributed by atoms with Crippen LogP contribution in [0.5, 0.6) is 0 Å². The molecule has 1 saturated heterocycles. The molecule has 9 heteroatoms. The summed E-state index contributed by atoms with van der Waals surface area (Å²) in [6, 6.07) is 9.76. The molecule has 3 aromatic rings. The Morgan fingerprint density at radius 2 is 2.03 bits per heavy atom. The Balaban J connectivity index is 1.58. The zero-order valence-electron chi connectivity index (χ0n) is 19.1. The van der Waals surface area contributed by atoms with E-state index in [2.05, 4.69) is 16.8 Å². The molecule has 33 heavy (non-hydrogen) atoms. The Bertz CT molecular complexity index is 1270. The molecular weight excluding hydrogens is 438 g/mol. The predicted octanol–water partition coefficient (Wildman–Crippen LogP) is 3.34. The number of aromatic nitrogens is 3. The summed E-state index contributed by atoms with van der Waals surface area (Å²) in [6.45, 7) is 6.06. The third-order valence-corrected chi connectivity index (χ3v) is 8.74. The van der Waals surface area contributed by atoms with E-state index >= 15 is 0 Å². The van der Waals surface area contributed by atoms with Gasteiger partial charge in [0.2, 0.25) is 0 Å². The summed E-state index contributed by atoms with van der Waals surface area (Å²) in [4.78, 5) is 15.3. The number of nitrogens with one attached hydrogen (secondary N) is 1. The molecule has 0 aromatic carbocycles. The average Bonchev–Trinajstić information content (AvgIpc) is 3.58. The Morgan fingerprint density at radius 3 is 2.76 bits per heavy atom. The van der Waals surface area contributed by atoms with Crippen LogP contribution in [0.3, 0.4) is 0 Å². The minimum Gasteiger partial charge on any atom is -0.377 e. The van der Waals surface area contributed by atoms with Gasteiger partial charge in [0, 0.05) is 18.3 Å². The first kappa shape index (κ1) is 22.3. The highest BCUT2D eigenvalue weighted by atomic mass is 32.2. The molecule has 0 radical (unpaired) electrons. The summed E-state index contributed by atoms with van der Waals surface area (Å²) < 4.78 is 31.2. The van der Waals surface area contributed by atoms with Gasteiger partial charge in [-0.15, -0.1) is 0 Å². The number of anilines is 1. The highest BCUT2D eigenvalue weighted by molar-refractivity contribution is 7.91. The number of ether oxygens (including phenoxy) is 1. The number of hydrogen-bond acceptors (Lipinski definition) is 7. The van der Waals surface area contributed by atoms with E-state index in [1.54, 1.807) is 0 Å². The van der Waals surface area contributed by atoms with Gasteiger partial charge in [-0.1, -0.05) is 6.92 Å². The fourth-order valence-electron chi connectivity index (χ4n) is 4.42. The van der Waals surface area contributed by atoms with Gasteiger partial charge in [0.15, 0.2) is 9.84 Å². The number of fused-ring (bicyclic) bond motifs is 1. The van der Waals surface area contributed by atoms with Gasteiger partial charge in [0.1, 0.15) is 5.82 Å². The van der Waals surface area contributed by atoms with Gasteiger partial charge in [0.05, 0.1) is 52.7 Å². The zero-order valence-corrected chi connectivity index (χ0v) is 19.9. The second kappa shape index (κ2) is 8.70. The quantitative estimate of drug-likeness (QED) is 0.545. The van der Waals surface area contributed by atoms with Gasteiger partial charge in [-0.3, -0.25) is 0 Å². The van der Waals surface area contributed by atoms with Crippen LogP contribution >= 0.6 is 0 Å². The monoisotopic (exact) mass is 469 g/mol. The first-order valence-electron chi connectivity index (χ1n) is 11.7. The van der Waals surface area contributed by atoms with Crippen LogP contribution in [-0.2, 0) is 20.3 Å². The van der Waals surface area contributed by atoms with E-state index in [1.807, 2.05) is 37.3 Å². The second-order valence-corrected chi connectivity index (χ2v) is 11.5. The topological polar surface area (TPSA) is 114 Å². The Kier molecular flexibility index (Phi) is 5.88. The summed E-state index contributed by atoms with van der Waals surface area (Å²) in [5, 5.41) is -0.199. The van der Waals surface area contributed by atoms with Gasteiger partial charge >= 0.3 is 0 Å². The van der Waals surface area contributed by atoms with Gasteiger partial charge < -0.3 is 20.4 Å². The average molecular weight is 470 g/mol. The summed E-state index contributed by atoms with van der Waals surface area (Å²) in [5.41, 5.74) is 10.8. The van der Waals surface area contributed by atoms with Crippen molar-refractivity contribution in [2.45, 2.75) is 56.2 Å². The number of nitrogens with two attached hydrogens (primary N) is 1. The molecular formula is C24H31N5O3S.